The molecule has 0 spiro atoms. The lowest BCUT2D eigenvalue weighted by Gasteiger charge is -2.28. The fourth-order valence-corrected chi connectivity index (χ4v) is 3.52. The van der Waals surface area contributed by atoms with Gasteiger partial charge in [0, 0.05) is 4.90 Å². The second kappa shape index (κ2) is 6.87. The van der Waals surface area contributed by atoms with Gasteiger partial charge in [-0.1, -0.05) is 42.5 Å². The average molecular weight is 326 g/mol. The van der Waals surface area contributed by atoms with Crippen LogP contribution in [0, 0.1) is 0 Å². The molecule has 1 aliphatic rings. The minimum absolute atomic E-state index is 0.0313. The fraction of sp³-hybridized carbons (Fsp3) is 0.222. The zero-order valence-corrected chi connectivity index (χ0v) is 13.7. The van der Waals surface area contributed by atoms with Crippen LogP contribution < -0.4 is 10.2 Å². The van der Waals surface area contributed by atoms with Gasteiger partial charge >= 0.3 is 0 Å². The lowest BCUT2D eigenvalue weighted by atomic mass is 10.1. The average Bonchev–Trinajstić information content (AvgIpc) is 2.58. The number of thioether (sulfide) groups is 1. The summed E-state index contributed by atoms with van der Waals surface area (Å²) in [7, 11) is 0. The first-order chi connectivity index (χ1) is 11.1. The summed E-state index contributed by atoms with van der Waals surface area (Å²) in [5, 5.41) is 2.96. The molecule has 1 N–H and O–H groups in total. The number of nitrogens with zero attached hydrogens (tertiary/aromatic N) is 1. The molecule has 0 unspecified atom stereocenters. The predicted octanol–water partition coefficient (Wildman–Crippen LogP) is 3.00. The number of fused-ring (bicyclic) bond motifs is 1. The number of rotatable bonds is 4. The number of carbonyl (C=O) groups is 2. The van der Waals surface area contributed by atoms with Crippen LogP contribution in [0.5, 0.6) is 0 Å². The Bertz CT molecular complexity index is 718. The third kappa shape index (κ3) is 3.56. The SMILES string of the molecule is C[C@@H](NC(=O)CN1C(=O)CSc2ccccc21)c1ccccc1. The van der Waals surface area contributed by atoms with Crippen LogP contribution in [-0.4, -0.2) is 24.1 Å². The molecule has 0 aliphatic carbocycles. The van der Waals surface area contributed by atoms with E-state index in [-0.39, 0.29) is 24.4 Å². The van der Waals surface area contributed by atoms with E-state index in [1.807, 2.05) is 61.5 Å². The molecule has 0 saturated heterocycles. The number of carbonyl (C=O) groups excluding carboxylic acids is 2. The predicted molar refractivity (Wildman–Crippen MR) is 92.5 cm³/mol. The quantitative estimate of drug-likeness (QED) is 0.939. The molecule has 23 heavy (non-hydrogen) atoms. The molecule has 1 heterocycles. The molecule has 0 saturated carbocycles. The Morgan fingerprint density at radius 2 is 1.87 bits per heavy atom. The molecule has 0 aromatic heterocycles. The van der Waals surface area contributed by atoms with Crippen molar-refractivity contribution in [1.82, 2.24) is 5.32 Å². The molecule has 2 aromatic carbocycles. The lowest BCUT2D eigenvalue weighted by molar-refractivity contribution is -0.123. The summed E-state index contributed by atoms with van der Waals surface area (Å²) in [6.07, 6.45) is 0. The summed E-state index contributed by atoms with van der Waals surface area (Å²) in [6.45, 7) is 1.99. The van der Waals surface area contributed by atoms with E-state index >= 15 is 0 Å². The summed E-state index contributed by atoms with van der Waals surface area (Å²) < 4.78 is 0. The van der Waals surface area contributed by atoms with E-state index in [0.29, 0.717) is 5.75 Å². The van der Waals surface area contributed by atoms with Crippen molar-refractivity contribution < 1.29 is 9.59 Å². The number of amides is 2. The number of anilines is 1. The summed E-state index contributed by atoms with van der Waals surface area (Å²) >= 11 is 1.52. The third-order valence-electron chi connectivity index (χ3n) is 3.79. The van der Waals surface area contributed by atoms with Crippen LogP contribution in [0.15, 0.2) is 59.5 Å². The van der Waals surface area contributed by atoms with Gasteiger partial charge in [-0.3, -0.25) is 9.59 Å². The Hall–Kier alpha value is -2.27. The van der Waals surface area contributed by atoms with Crippen LogP contribution in [0.25, 0.3) is 0 Å². The summed E-state index contributed by atoms with van der Waals surface area (Å²) in [5.74, 6) is 0.186. The number of hydrogen-bond acceptors (Lipinski definition) is 3. The molecule has 2 amide bonds. The largest absolute Gasteiger partial charge is 0.348 e. The van der Waals surface area contributed by atoms with E-state index in [1.165, 1.54) is 11.8 Å². The Morgan fingerprint density at radius 1 is 1.17 bits per heavy atom. The van der Waals surface area contributed by atoms with E-state index in [0.717, 1.165) is 16.1 Å². The van der Waals surface area contributed by atoms with Gasteiger partial charge < -0.3 is 10.2 Å². The molecular formula is C18H18N2O2S. The summed E-state index contributed by atoms with van der Waals surface area (Å²) in [6, 6.07) is 17.4. The molecule has 3 rings (SSSR count). The Balaban J connectivity index is 1.69. The summed E-state index contributed by atoms with van der Waals surface area (Å²) in [5.41, 5.74) is 1.86. The third-order valence-corrected chi connectivity index (χ3v) is 4.83. The van der Waals surface area contributed by atoms with Gasteiger partial charge in [-0.25, -0.2) is 0 Å². The van der Waals surface area contributed by atoms with Gasteiger partial charge in [0.15, 0.2) is 0 Å². The topological polar surface area (TPSA) is 49.4 Å². The minimum atomic E-state index is -0.156. The van der Waals surface area contributed by atoms with E-state index in [1.54, 1.807) is 4.90 Å². The highest BCUT2D eigenvalue weighted by Gasteiger charge is 2.26. The Morgan fingerprint density at radius 3 is 2.65 bits per heavy atom. The molecule has 0 bridgehead atoms. The van der Waals surface area contributed by atoms with E-state index < -0.39 is 0 Å². The number of para-hydroxylation sites is 1. The molecule has 5 heteroatoms. The highest BCUT2D eigenvalue weighted by molar-refractivity contribution is 8.00. The van der Waals surface area contributed by atoms with Crippen molar-refractivity contribution >= 4 is 29.3 Å². The highest BCUT2D eigenvalue weighted by atomic mass is 32.2. The fourth-order valence-electron chi connectivity index (χ4n) is 2.58. The van der Waals surface area contributed by atoms with Gasteiger partial charge in [0.05, 0.1) is 17.5 Å². The van der Waals surface area contributed by atoms with Gasteiger partial charge in [0.25, 0.3) is 0 Å². The Labute approximate surface area is 139 Å². The zero-order chi connectivity index (χ0) is 16.2. The minimum Gasteiger partial charge on any atom is -0.348 e. The molecule has 0 radical (unpaired) electrons. The van der Waals surface area contributed by atoms with Crippen molar-refractivity contribution in [2.24, 2.45) is 0 Å². The molecule has 4 nitrogen and oxygen atoms in total. The molecule has 2 aromatic rings. The first-order valence-electron chi connectivity index (χ1n) is 7.51. The van der Waals surface area contributed by atoms with Crippen LogP contribution in [-0.2, 0) is 9.59 Å². The normalized spacial score (nSPS) is 15.0. The first-order valence-corrected chi connectivity index (χ1v) is 8.50. The number of nitrogens with one attached hydrogen (secondary N) is 1. The van der Waals surface area contributed by atoms with Crippen LogP contribution in [0.1, 0.15) is 18.5 Å². The van der Waals surface area contributed by atoms with Crippen LogP contribution >= 0.6 is 11.8 Å². The smallest absolute Gasteiger partial charge is 0.240 e. The van der Waals surface area contributed by atoms with Gasteiger partial charge in [0.1, 0.15) is 6.54 Å². The lowest BCUT2D eigenvalue weighted by Crippen LogP contribution is -2.43. The van der Waals surface area contributed by atoms with Crippen LogP contribution in [0.2, 0.25) is 0 Å². The van der Waals surface area contributed by atoms with Gasteiger partial charge in [0.2, 0.25) is 11.8 Å². The van der Waals surface area contributed by atoms with E-state index in [9.17, 15) is 9.59 Å². The standard InChI is InChI=1S/C18H18N2O2S/c1-13(14-7-3-2-4-8-14)19-17(21)11-20-15-9-5-6-10-16(15)23-12-18(20)22/h2-10,13H,11-12H2,1H3,(H,19,21)/t13-/m1/s1. The van der Waals surface area contributed by atoms with Gasteiger partial charge in [-0.15, -0.1) is 11.8 Å². The van der Waals surface area contributed by atoms with Crippen molar-refractivity contribution in [3.05, 3.63) is 60.2 Å². The Kier molecular flexibility index (Phi) is 4.67. The maximum atomic E-state index is 12.3. The van der Waals surface area contributed by atoms with Crippen LogP contribution in [0.3, 0.4) is 0 Å². The van der Waals surface area contributed by atoms with E-state index in [4.69, 9.17) is 0 Å². The summed E-state index contributed by atoms with van der Waals surface area (Å²) in [4.78, 5) is 27.1. The number of benzene rings is 2. The van der Waals surface area contributed by atoms with Crippen molar-refractivity contribution in [3.63, 3.8) is 0 Å². The molecule has 1 atom stereocenters. The van der Waals surface area contributed by atoms with Crippen molar-refractivity contribution in [2.75, 3.05) is 17.2 Å². The molecule has 0 fully saturated rings. The van der Waals surface area contributed by atoms with E-state index in [2.05, 4.69) is 5.32 Å². The van der Waals surface area contributed by atoms with Crippen LogP contribution in [0.4, 0.5) is 5.69 Å². The van der Waals surface area contributed by atoms with Gasteiger partial charge in [-0.2, -0.15) is 0 Å². The van der Waals surface area contributed by atoms with Crippen molar-refractivity contribution in [3.8, 4) is 0 Å². The first kappa shape index (κ1) is 15.6. The zero-order valence-electron chi connectivity index (χ0n) is 12.9. The second-order valence-corrected chi connectivity index (χ2v) is 6.45. The maximum Gasteiger partial charge on any atom is 0.240 e. The highest BCUT2D eigenvalue weighted by Crippen LogP contribution is 2.34. The maximum absolute atomic E-state index is 12.3. The molecule has 1 aliphatic heterocycles. The molecule has 118 valence electrons. The monoisotopic (exact) mass is 326 g/mol. The van der Waals surface area contributed by atoms with Crippen molar-refractivity contribution in [2.45, 2.75) is 17.9 Å². The second-order valence-electron chi connectivity index (χ2n) is 5.44. The molecular weight excluding hydrogens is 308 g/mol. The van der Waals surface area contributed by atoms with Crippen molar-refractivity contribution in [1.29, 1.82) is 0 Å². The van der Waals surface area contributed by atoms with Gasteiger partial charge in [-0.05, 0) is 24.6 Å². The number of hydrogen-bond donors (Lipinski definition) is 1.